The van der Waals surface area contributed by atoms with E-state index in [2.05, 4.69) is 24.0 Å². The molecular formula is C22H21NO3. The van der Waals surface area contributed by atoms with Gasteiger partial charge in [0.2, 0.25) is 5.78 Å². The Morgan fingerprint density at radius 1 is 1.19 bits per heavy atom. The van der Waals surface area contributed by atoms with Gasteiger partial charge in [-0.05, 0) is 68.2 Å². The number of aromatic nitrogens is 1. The van der Waals surface area contributed by atoms with Crippen LogP contribution in [0.4, 0.5) is 0 Å². The van der Waals surface area contributed by atoms with Crippen LogP contribution in [0.2, 0.25) is 0 Å². The largest absolute Gasteiger partial charge is 0.504 e. The zero-order valence-corrected chi connectivity index (χ0v) is 14.9. The first-order valence-corrected chi connectivity index (χ1v) is 8.89. The van der Waals surface area contributed by atoms with E-state index in [4.69, 9.17) is 4.74 Å². The van der Waals surface area contributed by atoms with Crippen molar-refractivity contribution in [2.24, 2.45) is 0 Å². The standard InChI is InChI=1S/C22H21NO3/c1-3-26-20-12-14(5-9-19(20)24)11-15-6-7-16-17-10-13(2)4-8-18(17)23-21(16)22(15)25/h4-5,8-12,23-24H,3,6-7H2,1-2H3/b15-11+. The predicted molar refractivity (Wildman–Crippen MR) is 103 cm³/mol. The summed E-state index contributed by atoms with van der Waals surface area (Å²) in [5, 5.41) is 11.0. The molecule has 26 heavy (non-hydrogen) atoms. The second-order valence-electron chi connectivity index (χ2n) is 6.69. The van der Waals surface area contributed by atoms with Crippen molar-refractivity contribution in [3.63, 3.8) is 0 Å². The number of fused-ring (bicyclic) bond motifs is 3. The van der Waals surface area contributed by atoms with Gasteiger partial charge in [0, 0.05) is 16.5 Å². The summed E-state index contributed by atoms with van der Waals surface area (Å²) in [7, 11) is 0. The fraction of sp³-hybridized carbons (Fsp3) is 0.227. The van der Waals surface area contributed by atoms with Crippen molar-refractivity contribution >= 4 is 22.8 Å². The number of benzene rings is 2. The average Bonchev–Trinajstić information content (AvgIpc) is 2.99. The molecular weight excluding hydrogens is 326 g/mol. The summed E-state index contributed by atoms with van der Waals surface area (Å²) >= 11 is 0. The molecule has 132 valence electrons. The Morgan fingerprint density at radius 3 is 2.85 bits per heavy atom. The third-order valence-corrected chi connectivity index (χ3v) is 4.85. The van der Waals surface area contributed by atoms with Gasteiger partial charge in [-0.25, -0.2) is 0 Å². The van der Waals surface area contributed by atoms with Gasteiger partial charge in [-0.1, -0.05) is 17.7 Å². The van der Waals surface area contributed by atoms with Gasteiger partial charge in [0.1, 0.15) is 0 Å². The Labute approximate surface area is 152 Å². The van der Waals surface area contributed by atoms with Crippen LogP contribution in [0.25, 0.3) is 17.0 Å². The zero-order chi connectivity index (χ0) is 18.3. The number of ether oxygens (including phenoxy) is 1. The highest BCUT2D eigenvalue weighted by Gasteiger charge is 2.25. The number of phenolic OH excluding ortho intramolecular Hbond substituents is 1. The van der Waals surface area contributed by atoms with Gasteiger partial charge in [0.25, 0.3) is 0 Å². The molecule has 1 heterocycles. The number of rotatable bonds is 3. The number of phenols is 1. The maximum Gasteiger partial charge on any atom is 0.205 e. The van der Waals surface area contributed by atoms with Gasteiger partial charge in [-0.2, -0.15) is 0 Å². The second-order valence-corrected chi connectivity index (χ2v) is 6.69. The topological polar surface area (TPSA) is 62.3 Å². The van der Waals surface area contributed by atoms with Gasteiger partial charge in [0.15, 0.2) is 11.5 Å². The Balaban J connectivity index is 1.72. The van der Waals surface area contributed by atoms with Crippen LogP contribution >= 0.6 is 0 Å². The normalized spacial score (nSPS) is 15.5. The molecule has 1 aliphatic rings. The molecule has 1 aliphatic carbocycles. The highest BCUT2D eigenvalue weighted by atomic mass is 16.5. The van der Waals surface area contributed by atoms with Crippen LogP contribution in [0.15, 0.2) is 42.0 Å². The van der Waals surface area contributed by atoms with Gasteiger partial charge in [-0.15, -0.1) is 0 Å². The molecule has 0 radical (unpaired) electrons. The van der Waals surface area contributed by atoms with Crippen LogP contribution in [-0.4, -0.2) is 22.5 Å². The number of nitrogens with one attached hydrogen (secondary N) is 1. The average molecular weight is 347 g/mol. The number of aromatic amines is 1. The molecule has 0 fully saturated rings. The van der Waals surface area contributed by atoms with Gasteiger partial charge >= 0.3 is 0 Å². The molecule has 0 saturated carbocycles. The Morgan fingerprint density at radius 2 is 2.04 bits per heavy atom. The van der Waals surface area contributed by atoms with E-state index in [9.17, 15) is 9.90 Å². The third-order valence-electron chi connectivity index (χ3n) is 4.85. The van der Waals surface area contributed by atoms with Crippen molar-refractivity contribution < 1.29 is 14.6 Å². The molecule has 0 spiro atoms. The summed E-state index contributed by atoms with van der Waals surface area (Å²) in [5.74, 6) is 0.593. The molecule has 4 heteroatoms. The lowest BCUT2D eigenvalue weighted by Gasteiger charge is -2.14. The van der Waals surface area contributed by atoms with E-state index < -0.39 is 0 Å². The summed E-state index contributed by atoms with van der Waals surface area (Å²) in [6.45, 7) is 4.41. The lowest BCUT2D eigenvalue weighted by atomic mass is 9.89. The van der Waals surface area contributed by atoms with E-state index in [0.717, 1.165) is 34.0 Å². The smallest absolute Gasteiger partial charge is 0.205 e. The van der Waals surface area contributed by atoms with E-state index in [1.54, 1.807) is 18.2 Å². The summed E-state index contributed by atoms with van der Waals surface area (Å²) in [6, 6.07) is 11.4. The van der Waals surface area contributed by atoms with E-state index in [1.807, 2.05) is 19.1 Å². The van der Waals surface area contributed by atoms with Crippen LogP contribution in [-0.2, 0) is 6.42 Å². The van der Waals surface area contributed by atoms with Crippen molar-refractivity contribution in [2.75, 3.05) is 6.61 Å². The van der Waals surface area contributed by atoms with E-state index in [-0.39, 0.29) is 11.5 Å². The van der Waals surface area contributed by atoms with Crippen molar-refractivity contribution in [3.05, 3.63) is 64.4 Å². The summed E-state index contributed by atoms with van der Waals surface area (Å²) in [4.78, 5) is 16.3. The van der Waals surface area contributed by atoms with Gasteiger partial charge in [-0.3, -0.25) is 4.79 Å². The Bertz CT molecular complexity index is 1040. The number of hydrogen-bond donors (Lipinski definition) is 2. The number of ketones is 1. The number of aromatic hydroxyl groups is 1. The molecule has 3 aromatic rings. The first-order valence-electron chi connectivity index (χ1n) is 8.89. The van der Waals surface area contributed by atoms with Crippen LogP contribution < -0.4 is 4.74 Å². The number of hydrogen-bond acceptors (Lipinski definition) is 3. The van der Waals surface area contributed by atoms with Gasteiger partial charge in [0.05, 0.1) is 12.3 Å². The van der Waals surface area contributed by atoms with Crippen molar-refractivity contribution in [3.8, 4) is 11.5 Å². The lowest BCUT2D eigenvalue weighted by Crippen LogP contribution is -2.13. The first-order chi connectivity index (χ1) is 12.6. The summed E-state index contributed by atoms with van der Waals surface area (Å²) < 4.78 is 5.43. The molecule has 0 amide bonds. The van der Waals surface area contributed by atoms with Crippen LogP contribution in [0, 0.1) is 6.92 Å². The molecule has 0 bridgehead atoms. The fourth-order valence-corrected chi connectivity index (χ4v) is 3.58. The van der Waals surface area contributed by atoms with Crippen molar-refractivity contribution in [1.29, 1.82) is 0 Å². The first kappa shape index (κ1) is 16.5. The molecule has 0 atom stereocenters. The van der Waals surface area contributed by atoms with E-state index in [0.29, 0.717) is 24.5 Å². The number of carbonyl (C=O) groups excluding carboxylic acids is 1. The molecule has 0 aliphatic heterocycles. The van der Waals surface area contributed by atoms with Crippen LogP contribution in [0.5, 0.6) is 11.5 Å². The number of Topliss-reactive ketones (excluding diaryl/α,β-unsaturated/α-hetero) is 1. The summed E-state index contributed by atoms with van der Waals surface area (Å²) in [6.07, 6.45) is 3.44. The molecule has 1 aromatic heterocycles. The Kier molecular flexibility index (Phi) is 4.03. The number of aryl methyl sites for hydroxylation is 2. The van der Waals surface area contributed by atoms with Crippen molar-refractivity contribution in [2.45, 2.75) is 26.7 Å². The van der Waals surface area contributed by atoms with Crippen LogP contribution in [0.1, 0.15) is 40.5 Å². The molecule has 2 N–H and O–H groups in total. The zero-order valence-electron chi connectivity index (χ0n) is 14.9. The highest BCUT2D eigenvalue weighted by Crippen LogP contribution is 2.34. The minimum atomic E-state index is 0.0473. The predicted octanol–water partition coefficient (Wildman–Crippen LogP) is 4.79. The minimum Gasteiger partial charge on any atom is -0.504 e. The number of allylic oxidation sites excluding steroid dienone is 1. The minimum absolute atomic E-state index is 0.0473. The number of carbonyl (C=O) groups is 1. The van der Waals surface area contributed by atoms with Crippen LogP contribution in [0.3, 0.4) is 0 Å². The highest BCUT2D eigenvalue weighted by molar-refractivity contribution is 6.15. The number of H-pyrrole nitrogens is 1. The lowest BCUT2D eigenvalue weighted by molar-refractivity contribution is 0.102. The maximum absolute atomic E-state index is 13.0. The molecule has 0 unspecified atom stereocenters. The summed E-state index contributed by atoms with van der Waals surface area (Å²) in [5.41, 5.74) is 5.65. The molecule has 4 rings (SSSR count). The monoisotopic (exact) mass is 347 g/mol. The fourth-order valence-electron chi connectivity index (χ4n) is 3.58. The van der Waals surface area contributed by atoms with Gasteiger partial charge < -0.3 is 14.8 Å². The SMILES string of the molecule is CCOc1cc(/C=C2\CCc3c([nH]c4ccc(C)cc34)C2=O)ccc1O. The maximum atomic E-state index is 13.0. The Hall–Kier alpha value is -3.01. The third kappa shape index (κ3) is 2.77. The second kappa shape index (κ2) is 6.37. The van der Waals surface area contributed by atoms with Crippen molar-refractivity contribution in [1.82, 2.24) is 4.98 Å². The molecule has 0 saturated heterocycles. The quantitative estimate of drug-likeness (QED) is 0.670. The van der Waals surface area contributed by atoms with E-state index >= 15 is 0 Å². The van der Waals surface area contributed by atoms with E-state index in [1.165, 1.54) is 5.56 Å². The molecule has 2 aromatic carbocycles. The molecule has 4 nitrogen and oxygen atoms in total.